The minimum absolute atomic E-state index is 0.0613. The number of rotatable bonds is 3. The molecule has 0 aliphatic carbocycles. The maximum absolute atomic E-state index is 11.3. The number of carbonyl (C=O) groups excluding carboxylic acids is 1. The highest BCUT2D eigenvalue weighted by molar-refractivity contribution is 7.03. The van der Waals surface area contributed by atoms with Crippen molar-refractivity contribution in [1.29, 1.82) is 0 Å². The topological polar surface area (TPSA) is 56.0 Å². The van der Waals surface area contributed by atoms with Crippen LogP contribution >= 0.6 is 11.5 Å². The highest BCUT2D eigenvalue weighted by Crippen LogP contribution is 2.04. The quantitative estimate of drug-likeness (QED) is 0.690. The molecule has 0 aromatic carbocycles. The predicted octanol–water partition coefficient (Wildman–Crippen LogP) is 1.06. The van der Waals surface area contributed by atoms with E-state index >= 15 is 0 Å². The van der Waals surface area contributed by atoms with Gasteiger partial charge < -0.3 is 5.73 Å². The van der Waals surface area contributed by atoms with Crippen LogP contribution in [0.2, 0.25) is 0 Å². The summed E-state index contributed by atoms with van der Waals surface area (Å²) in [4.78, 5) is 11.3. The van der Waals surface area contributed by atoms with E-state index in [0.29, 0.717) is 12.1 Å². The smallest absolute Gasteiger partial charge is 0.198 e. The normalized spacial score (nSPS) is 12.9. The van der Waals surface area contributed by atoms with Gasteiger partial charge >= 0.3 is 0 Å². The van der Waals surface area contributed by atoms with Crippen molar-refractivity contribution in [2.45, 2.75) is 19.4 Å². The van der Waals surface area contributed by atoms with Crippen molar-refractivity contribution in [3.8, 4) is 0 Å². The van der Waals surface area contributed by atoms with E-state index < -0.39 is 6.04 Å². The molecule has 0 spiro atoms. The van der Waals surface area contributed by atoms with E-state index in [1.54, 1.807) is 11.4 Å². The highest BCUT2D eigenvalue weighted by atomic mass is 32.1. The molecule has 0 bridgehead atoms. The Morgan fingerprint density at radius 3 is 3.09 bits per heavy atom. The van der Waals surface area contributed by atoms with Crippen LogP contribution in [0.25, 0.3) is 0 Å². The second-order valence-electron chi connectivity index (χ2n) is 2.26. The van der Waals surface area contributed by atoms with Crippen LogP contribution in [0, 0.1) is 0 Å². The molecule has 60 valence electrons. The Hall–Kier alpha value is -0.740. The van der Waals surface area contributed by atoms with Gasteiger partial charge in [-0.2, -0.15) is 4.37 Å². The molecule has 1 heterocycles. The molecule has 1 rings (SSSR count). The third-order valence-electron chi connectivity index (χ3n) is 1.47. The number of hydrogen-bond acceptors (Lipinski definition) is 4. The lowest BCUT2D eigenvalue weighted by Gasteiger charge is -2.02. The Labute approximate surface area is 69.4 Å². The molecule has 0 saturated heterocycles. The summed E-state index contributed by atoms with van der Waals surface area (Å²) in [6, 6.07) is 1.31. The zero-order valence-corrected chi connectivity index (χ0v) is 7.10. The van der Waals surface area contributed by atoms with Crippen LogP contribution in [0.3, 0.4) is 0 Å². The fourth-order valence-electron chi connectivity index (χ4n) is 0.715. The molecular formula is C7H10N2OS. The zero-order valence-electron chi connectivity index (χ0n) is 6.28. The number of carbonyl (C=O) groups is 1. The SMILES string of the molecule is CCC(N)C(=O)c1ccsn1. The molecule has 11 heavy (non-hydrogen) atoms. The summed E-state index contributed by atoms with van der Waals surface area (Å²) in [6.07, 6.45) is 0.663. The van der Waals surface area contributed by atoms with Gasteiger partial charge in [-0.3, -0.25) is 4.79 Å². The maximum Gasteiger partial charge on any atom is 0.198 e. The van der Waals surface area contributed by atoms with E-state index in [1.165, 1.54) is 11.5 Å². The lowest BCUT2D eigenvalue weighted by Crippen LogP contribution is -2.29. The van der Waals surface area contributed by atoms with Gasteiger partial charge in [0, 0.05) is 5.38 Å². The number of ketones is 1. The Morgan fingerprint density at radius 2 is 2.64 bits per heavy atom. The first-order valence-electron chi connectivity index (χ1n) is 3.46. The van der Waals surface area contributed by atoms with Crippen molar-refractivity contribution < 1.29 is 4.79 Å². The monoisotopic (exact) mass is 170 g/mol. The summed E-state index contributed by atoms with van der Waals surface area (Å²) >= 11 is 1.27. The minimum Gasteiger partial charge on any atom is -0.321 e. The number of nitrogens with zero attached hydrogens (tertiary/aromatic N) is 1. The van der Waals surface area contributed by atoms with Crippen LogP contribution in [-0.4, -0.2) is 16.2 Å². The van der Waals surface area contributed by atoms with Gasteiger partial charge in [0.05, 0.1) is 6.04 Å². The van der Waals surface area contributed by atoms with Gasteiger partial charge in [0.15, 0.2) is 5.78 Å². The van der Waals surface area contributed by atoms with Crippen molar-refractivity contribution in [2.75, 3.05) is 0 Å². The second kappa shape index (κ2) is 3.59. The minimum atomic E-state index is -0.392. The molecule has 2 N–H and O–H groups in total. The van der Waals surface area contributed by atoms with Crippen molar-refractivity contribution in [3.63, 3.8) is 0 Å². The number of Topliss-reactive ketones (excluding diaryl/α,β-unsaturated/α-hetero) is 1. The maximum atomic E-state index is 11.3. The van der Waals surface area contributed by atoms with E-state index in [0.717, 1.165) is 0 Å². The molecule has 1 aromatic heterocycles. The largest absolute Gasteiger partial charge is 0.321 e. The first kappa shape index (κ1) is 8.36. The van der Waals surface area contributed by atoms with Gasteiger partial charge in [0.2, 0.25) is 0 Å². The molecule has 1 atom stereocenters. The van der Waals surface area contributed by atoms with E-state index in [1.807, 2.05) is 6.92 Å². The van der Waals surface area contributed by atoms with Gasteiger partial charge in [-0.15, -0.1) is 0 Å². The first-order chi connectivity index (χ1) is 5.25. The fraction of sp³-hybridized carbons (Fsp3) is 0.429. The van der Waals surface area contributed by atoms with Crippen LogP contribution < -0.4 is 5.73 Å². The van der Waals surface area contributed by atoms with Gasteiger partial charge in [0.1, 0.15) is 5.69 Å². The molecule has 4 heteroatoms. The predicted molar refractivity (Wildman–Crippen MR) is 44.7 cm³/mol. The van der Waals surface area contributed by atoms with Crippen molar-refractivity contribution in [3.05, 3.63) is 17.1 Å². The number of nitrogens with two attached hydrogens (primary N) is 1. The average molecular weight is 170 g/mol. The third-order valence-corrected chi connectivity index (χ3v) is 2.03. The average Bonchev–Trinajstić information content (AvgIpc) is 2.53. The molecule has 0 aliphatic rings. The summed E-state index contributed by atoms with van der Waals surface area (Å²) in [5.41, 5.74) is 6.01. The van der Waals surface area contributed by atoms with Crippen molar-refractivity contribution in [2.24, 2.45) is 5.73 Å². The van der Waals surface area contributed by atoms with Crippen LogP contribution in [0.5, 0.6) is 0 Å². The number of aromatic nitrogens is 1. The zero-order chi connectivity index (χ0) is 8.27. The van der Waals surface area contributed by atoms with E-state index in [4.69, 9.17) is 5.73 Å². The lowest BCUT2D eigenvalue weighted by molar-refractivity contribution is 0.0955. The molecule has 0 radical (unpaired) electrons. The first-order valence-corrected chi connectivity index (χ1v) is 4.29. The standard InChI is InChI=1S/C7H10N2OS/c1-2-5(8)7(10)6-3-4-11-9-6/h3-5H,2,8H2,1H3. The Kier molecular flexibility index (Phi) is 2.73. The van der Waals surface area contributed by atoms with Gasteiger partial charge in [-0.05, 0) is 24.0 Å². The summed E-state index contributed by atoms with van der Waals surface area (Å²) < 4.78 is 3.90. The third kappa shape index (κ3) is 1.85. The van der Waals surface area contributed by atoms with Crippen LogP contribution in [0.4, 0.5) is 0 Å². The molecule has 1 aromatic rings. The molecular weight excluding hydrogens is 160 g/mol. The van der Waals surface area contributed by atoms with Gasteiger partial charge in [-0.25, -0.2) is 0 Å². The van der Waals surface area contributed by atoms with Crippen LogP contribution in [0.1, 0.15) is 23.8 Å². The van der Waals surface area contributed by atoms with Crippen molar-refractivity contribution >= 4 is 17.3 Å². The molecule has 0 amide bonds. The van der Waals surface area contributed by atoms with Gasteiger partial charge in [-0.1, -0.05) is 6.92 Å². The molecule has 0 saturated carbocycles. The lowest BCUT2D eigenvalue weighted by atomic mass is 10.1. The summed E-state index contributed by atoms with van der Waals surface area (Å²) in [5, 5.41) is 1.77. The van der Waals surface area contributed by atoms with Crippen LogP contribution in [-0.2, 0) is 0 Å². The van der Waals surface area contributed by atoms with Crippen molar-refractivity contribution in [1.82, 2.24) is 4.37 Å². The van der Waals surface area contributed by atoms with E-state index in [-0.39, 0.29) is 5.78 Å². The molecule has 0 aliphatic heterocycles. The Balaban J connectivity index is 2.70. The molecule has 1 unspecified atom stereocenters. The van der Waals surface area contributed by atoms with E-state index in [9.17, 15) is 4.79 Å². The summed E-state index contributed by atoms with van der Waals surface area (Å²) in [5.74, 6) is -0.0613. The van der Waals surface area contributed by atoms with E-state index in [2.05, 4.69) is 4.37 Å². The summed E-state index contributed by atoms with van der Waals surface area (Å²) in [7, 11) is 0. The molecule has 0 fully saturated rings. The molecule has 3 nitrogen and oxygen atoms in total. The summed E-state index contributed by atoms with van der Waals surface area (Å²) in [6.45, 7) is 1.88. The second-order valence-corrected chi connectivity index (χ2v) is 2.93. The Bertz CT molecular complexity index is 233. The Morgan fingerprint density at radius 1 is 1.91 bits per heavy atom. The fourth-order valence-corrected chi connectivity index (χ4v) is 1.23. The van der Waals surface area contributed by atoms with Crippen LogP contribution in [0.15, 0.2) is 11.4 Å². The number of hydrogen-bond donors (Lipinski definition) is 1. The highest BCUT2D eigenvalue weighted by Gasteiger charge is 2.14. The van der Waals surface area contributed by atoms with Gasteiger partial charge in [0.25, 0.3) is 0 Å².